The normalized spacial score (nSPS) is 17.6. The quantitative estimate of drug-likeness (QED) is 0.639. The smallest absolute Gasteiger partial charge is 0.354 e. The van der Waals surface area contributed by atoms with Gasteiger partial charge in [0.1, 0.15) is 0 Å². The first-order valence-electron chi connectivity index (χ1n) is 8.38. The van der Waals surface area contributed by atoms with Crippen LogP contribution >= 0.6 is 11.6 Å². The Bertz CT molecular complexity index is 1050. The molecule has 0 unspecified atom stereocenters. The standard InChI is InChI=1S/C20H14ClF3N2O/c21-16-7-3-1-2-5-14(16)13-9-11-26(12-10-13)19-18-15(20(22,23)24)6-4-8-17(18)27-25-19/h3-4,6-9H,5,10-12H2. The Morgan fingerprint density at radius 1 is 1.26 bits per heavy atom. The molecule has 3 nitrogen and oxygen atoms in total. The van der Waals surface area contributed by atoms with E-state index in [-0.39, 0.29) is 16.8 Å². The van der Waals surface area contributed by atoms with Crippen molar-refractivity contribution in [1.29, 1.82) is 0 Å². The van der Waals surface area contributed by atoms with E-state index in [1.54, 1.807) is 17.1 Å². The van der Waals surface area contributed by atoms with Gasteiger partial charge in [0.25, 0.3) is 0 Å². The van der Waals surface area contributed by atoms with Gasteiger partial charge < -0.3 is 9.42 Å². The van der Waals surface area contributed by atoms with Crippen LogP contribution < -0.4 is 4.90 Å². The summed E-state index contributed by atoms with van der Waals surface area (Å²) < 4.78 is 45.3. The first kappa shape index (κ1) is 17.7. The molecule has 0 amide bonds. The Morgan fingerprint density at radius 2 is 2.11 bits per heavy atom. The number of rotatable bonds is 2. The lowest BCUT2D eigenvalue weighted by Crippen LogP contribution is -2.29. The van der Waals surface area contributed by atoms with Crippen LogP contribution in [0.1, 0.15) is 18.4 Å². The summed E-state index contributed by atoms with van der Waals surface area (Å²) >= 11 is 6.31. The highest BCUT2D eigenvalue weighted by molar-refractivity contribution is 6.32. The van der Waals surface area contributed by atoms with Crippen molar-refractivity contribution >= 4 is 28.4 Å². The molecule has 1 aliphatic heterocycles. The lowest BCUT2D eigenvalue weighted by molar-refractivity contribution is -0.136. The molecule has 2 heterocycles. The van der Waals surface area contributed by atoms with E-state index < -0.39 is 11.7 Å². The summed E-state index contributed by atoms with van der Waals surface area (Å²) in [5.74, 6) is 6.14. The largest absolute Gasteiger partial charge is 0.417 e. The molecular weight excluding hydrogens is 377 g/mol. The summed E-state index contributed by atoms with van der Waals surface area (Å²) in [6.07, 6.45) is 2.18. The first-order chi connectivity index (χ1) is 12.9. The van der Waals surface area contributed by atoms with Crippen LogP contribution in [0.2, 0.25) is 0 Å². The third kappa shape index (κ3) is 3.35. The molecule has 0 radical (unpaired) electrons. The fourth-order valence-corrected chi connectivity index (χ4v) is 3.58. The van der Waals surface area contributed by atoms with Gasteiger partial charge in [0.05, 0.1) is 10.9 Å². The van der Waals surface area contributed by atoms with Gasteiger partial charge in [0.2, 0.25) is 0 Å². The van der Waals surface area contributed by atoms with E-state index in [0.717, 1.165) is 17.2 Å². The molecule has 1 aromatic carbocycles. The molecule has 138 valence electrons. The van der Waals surface area contributed by atoms with Crippen molar-refractivity contribution in [2.24, 2.45) is 0 Å². The van der Waals surface area contributed by atoms with Crippen molar-refractivity contribution in [2.45, 2.75) is 19.0 Å². The van der Waals surface area contributed by atoms with Crippen molar-refractivity contribution in [1.82, 2.24) is 5.16 Å². The van der Waals surface area contributed by atoms with Crippen LogP contribution in [-0.4, -0.2) is 18.2 Å². The second kappa shape index (κ2) is 6.82. The Labute approximate surface area is 158 Å². The third-order valence-corrected chi connectivity index (χ3v) is 5.00. The minimum atomic E-state index is -4.47. The molecule has 4 rings (SSSR count). The van der Waals surface area contributed by atoms with Gasteiger partial charge >= 0.3 is 6.18 Å². The number of hydrogen-bond acceptors (Lipinski definition) is 3. The topological polar surface area (TPSA) is 29.3 Å². The Kier molecular flexibility index (Phi) is 4.48. The molecule has 0 spiro atoms. The molecule has 27 heavy (non-hydrogen) atoms. The van der Waals surface area contributed by atoms with E-state index in [4.69, 9.17) is 16.1 Å². The SMILES string of the molecule is FC(F)(F)c1cccc2onc(N3CC=C(C4=C(Cl)C=CC#CC4)CC3)c12. The number of benzene rings is 1. The number of fused-ring (bicyclic) bond motifs is 1. The zero-order chi connectivity index (χ0) is 19.0. The zero-order valence-electron chi connectivity index (χ0n) is 14.1. The van der Waals surface area contributed by atoms with E-state index >= 15 is 0 Å². The number of hydrogen-bond donors (Lipinski definition) is 0. The number of nitrogens with zero attached hydrogens (tertiary/aromatic N) is 2. The highest BCUT2D eigenvalue weighted by Gasteiger charge is 2.35. The van der Waals surface area contributed by atoms with Gasteiger partial charge in [-0.05, 0) is 41.9 Å². The maximum atomic E-state index is 13.4. The predicted octanol–water partition coefficient (Wildman–Crippen LogP) is 5.44. The van der Waals surface area contributed by atoms with Crippen molar-refractivity contribution < 1.29 is 17.7 Å². The van der Waals surface area contributed by atoms with Crippen LogP contribution in [0.3, 0.4) is 0 Å². The van der Waals surface area contributed by atoms with E-state index in [9.17, 15) is 13.2 Å². The van der Waals surface area contributed by atoms with Gasteiger partial charge in [-0.1, -0.05) is 40.7 Å². The molecule has 0 bridgehead atoms. The van der Waals surface area contributed by atoms with Gasteiger partial charge in [-0.3, -0.25) is 0 Å². The predicted molar refractivity (Wildman–Crippen MR) is 98.3 cm³/mol. The summed E-state index contributed by atoms with van der Waals surface area (Å²) in [6, 6.07) is 3.87. The molecule has 1 aromatic heterocycles. The lowest BCUT2D eigenvalue weighted by Gasteiger charge is -2.27. The van der Waals surface area contributed by atoms with Gasteiger partial charge in [0.15, 0.2) is 11.4 Å². The summed E-state index contributed by atoms with van der Waals surface area (Å²) in [5, 5.41) is 4.55. The molecule has 2 aliphatic rings. The van der Waals surface area contributed by atoms with E-state index in [1.807, 2.05) is 6.08 Å². The molecule has 0 saturated heterocycles. The molecule has 0 atom stereocenters. The summed E-state index contributed by atoms with van der Waals surface area (Å²) in [6.45, 7) is 0.943. The van der Waals surface area contributed by atoms with Crippen molar-refractivity contribution in [3.05, 3.63) is 58.2 Å². The average molecular weight is 391 g/mol. The van der Waals surface area contributed by atoms with Crippen LogP contribution in [-0.2, 0) is 6.18 Å². The monoisotopic (exact) mass is 390 g/mol. The maximum Gasteiger partial charge on any atom is 0.417 e. The second-order valence-corrected chi connectivity index (χ2v) is 6.67. The summed E-state index contributed by atoms with van der Waals surface area (Å²) in [5.41, 5.74) is 1.44. The van der Waals surface area contributed by atoms with Crippen LogP contribution in [0.5, 0.6) is 0 Å². The Hall–Kier alpha value is -2.65. The molecule has 0 N–H and O–H groups in total. The number of alkyl halides is 3. The average Bonchev–Trinajstić information content (AvgIpc) is 2.96. The maximum absolute atomic E-state index is 13.4. The lowest BCUT2D eigenvalue weighted by atomic mass is 9.96. The number of anilines is 1. The molecule has 1 aliphatic carbocycles. The number of allylic oxidation sites excluding steroid dienone is 4. The molecule has 2 aromatic rings. The Balaban J connectivity index is 1.67. The minimum absolute atomic E-state index is 0.00219. The van der Waals surface area contributed by atoms with Crippen molar-refractivity contribution in [2.75, 3.05) is 18.0 Å². The molecule has 7 heteroatoms. The van der Waals surface area contributed by atoms with Gasteiger partial charge in [-0.25, -0.2) is 0 Å². The van der Waals surface area contributed by atoms with Crippen LogP contribution in [0.15, 0.2) is 57.1 Å². The van der Waals surface area contributed by atoms with Gasteiger partial charge in [0, 0.05) is 24.5 Å². The molecular formula is C20H14ClF3N2O. The Morgan fingerprint density at radius 3 is 2.85 bits per heavy atom. The second-order valence-electron chi connectivity index (χ2n) is 6.27. The summed E-state index contributed by atoms with van der Waals surface area (Å²) in [4.78, 5) is 1.79. The van der Waals surface area contributed by atoms with Gasteiger partial charge in [-0.2, -0.15) is 13.2 Å². The van der Waals surface area contributed by atoms with E-state index in [0.29, 0.717) is 31.0 Å². The minimum Gasteiger partial charge on any atom is -0.354 e. The summed E-state index contributed by atoms with van der Waals surface area (Å²) in [7, 11) is 0. The molecule has 0 saturated carbocycles. The fourth-order valence-electron chi connectivity index (χ4n) is 3.33. The third-order valence-electron chi connectivity index (χ3n) is 4.65. The fraction of sp³-hybridized carbons (Fsp3) is 0.250. The zero-order valence-corrected chi connectivity index (χ0v) is 14.9. The van der Waals surface area contributed by atoms with Crippen molar-refractivity contribution in [3.63, 3.8) is 0 Å². The highest BCUT2D eigenvalue weighted by atomic mass is 35.5. The molecule has 0 fully saturated rings. The van der Waals surface area contributed by atoms with Gasteiger partial charge in [-0.15, -0.1) is 0 Å². The number of halogens is 4. The first-order valence-corrected chi connectivity index (χ1v) is 8.76. The number of aromatic nitrogens is 1. The van der Waals surface area contributed by atoms with E-state index in [2.05, 4.69) is 17.0 Å². The highest BCUT2D eigenvalue weighted by Crippen LogP contribution is 2.40. The van der Waals surface area contributed by atoms with Crippen LogP contribution in [0.25, 0.3) is 11.0 Å². The van der Waals surface area contributed by atoms with E-state index in [1.165, 1.54) is 12.1 Å². The van der Waals surface area contributed by atoms with Crippen LogP contribution in [0, 0.1) is 11.8 Å². The van der Waals surface area contributed by atoms with Crippen molar-refractivity contribution in [3.8, 4) is 11.8 Å². The van der Waals surface area contributed by atoms with Crippen LogP contribution in [0.4, 0.5) is 19.0 Å².